The first-order valence-electron chi connectivity index (χ1n) is 9.72. The van der Waals surface area contributed by atoms with E-state index in [1.807, 2.05) is 0 Å². The molecule has 2 heterocycles. The van der Waals surface area contributed by atoms with E-state index in [9.17, 15) is 18.3 Å². The Balaban J connectivity index is 1.61. The van der Waals surface area contributed by atoms with Gasteiger partial charge in [0.05, 0.1) is 51.6 Å². The molecule has 1 aromatic rings. The van der Waals surface area contributed by atoms with Crippen molar-refractivity contribution >= 4 is 15.9 Å². The largest absolute Gasteiger partial charge is 0.495 e. The number of carbonyl (C=O) groups excluding carboxylic acids is 1. The maximum absolute atomic E-state index is 12.8. The minimum Gasteiger partial charge on any atom is -0.495 e. The van der Waals surface area contributed by atoms with E-state index in [4.69, 9.17) is 14.2 Å². The Morgan fingerprint density at radius 3 is 2.69 bits per heavy atom. The van der Waals surface area contributed by atoms with Crippen LogP contribution in [0.3, 0.4) is 0 Å². The first-order chi connectivity index (χ1) is 13.9. The molecule has 0 unspecified atom stereocenters. The van der Waals surface area contributed by atoms with Gasteiger partial charge in [-0.1, -0.05) is 12.1 Å². The van der Waals surface area contributed by atoms with Crippen LogP contribution in [-0.4, -0.2) is 82.6 Å². The molecule has 2 saturated heterocycles. The minimum absolute atomic E-state index is 0.0111. The van der Waals surface area contributed by atoms with Gasteiger partial charge in [0, 0.05) is 13.1 Å². The number of hydrogen-bond donors (Lipinski definition) is 2. The van der Waals surface area contributed by atoms with Crippen molar-refractivity contribution < 1.29 is 32.5 Å². The van der Waals surface area contributed by atoms with E-state index in [0.717, 1.165) is 0 Å². The predicted octanol–water partition coefficient (Wildman–Crippen LogP) is 0.131. The second-order valence-corrected chi connectivity index (χ2v) is 8.81. The van der Waals surface area contributed by atoms with Gasteiger partial charge in [-0.2, -0.15) is 0 Å². The smallest absolute Gasteiger partial charge is 0.244 e. The van der Waals surface area contributed by atoms with Crippen LogP contribution in [0.25, 0.3) is 0 Å². The van der Waals surface area contributed by atoms with Crippen LogP contribution in [0.15, 0.2) is 29.2 Å². The Morgan fingerprint density at radius 1 is 1.28 bits per heavy atom. The van der Waals surface area contributed by atoms with E-state index < -0.39 is 22.2 Å². The number of aliphatic hydroxyl groups excluding tert-OH is 1. The molecule has 0 saturated carbocycles. The Bertz CT molecular complexity index is 796. The van der Waals surface area contributed by atoms with Crippen molar-refractivity contribution in [3.63, 3.8) is 0 Å². The van der Waals surface area contributed by atoms with E-state index in [1.165, 1.54) is 13.2 Å². The lowest BCUT2D eigenvalue weighted by molar-refractivity contribution is -0.143. The number of ether oxygens (including phenoxy) is 3. The summed E-state index contributed by atoms with van der Waals surface area (Å²) in [5.41, 5.74) is 0. The average molecular weight is 429 g/mol. The van der Waals surface area contributed by atoms with Crippen molar-refractivity contribution in [2.45, 2.75) is 42.4 Å². The van der Waals surface area contributed by atoms with E-state index in [1.54, 1.807) is 23.1 Å². The summed E-state index contributed by atoms with van der Waals surface area (Å²) in [4.78, 5) is 14.2. The molecule has 0 radical (unpaired) electrons. The summed E-state index contributed by atoms with van der Waals surface area (Å²) in [5.74, 6) is 0.231. The molecule has 1 amide bonds. The van der Waals surface area contributed by atoms with E-state index in [2.05, 4.69) is 4.72 Å². The van der Waals surface area contributed by atoms with Crippen LogP contribution in [0.5, 0.6) is 5.75 Å². The van der Waals surface area contributed by atoms with Crippen LogP contribution in [0.1, 0.15) is 19.3 Å². The summed E-state index contributed by atoms with van der Waals surface area (Å²) >= 11 is 0. The number of carbonyl (C=O) groups is 1. The first kappa shape index (κ1) is 22.0. The zero-order valence-corrected chi connectivity index (χ0v) is 17.3. The van der Waals surface area contributed by atoms with Crippen LogP contribution in [-0.2, 0) is 24.3 Å². The van der Waals surface area contributed by atoms with Crippen molar-refractivity contribution in [3.8, 4) is 5.75 Å². The summed E-state index contributed by atoms with van der Waals surface area (Å²) in [7, 11) is -2.45. The van der Waals surface area contributed by atoms with E-state index in [0.29, 0.717) is 39.1 Å². The number of aliphatic hydroxyl groups is 1. The fourth-order valence-corrected chi connectivity index (χ4v) is 5.13. The van der Waals surface area contributed by atoms with Gasteiger partial charge in [0.15, 0.2) is 0 Å². The van der Waals surface area contributed by atoms with E-state index >= 15 is 0 Å². The van der Waals surface area contributed by atoms with Gasteiger partial charge < -0.3 is 24.2 Å². The number of nitrogens with one attached hydrogen (secondary N) is 1. The van der Waals surface area contributed by atoms with Crippen molar-refractivity contribution in [3.05, 3.63) is 24.3 Å². The molecule has 10 heteroatoms. The first-order valence-corrected chi connectivity index (χ1v) is 11.2. The number of nitrogens with zero attached hydrogens (tertiary/aromatic N) is 1. The third kappa shape index (κ3) is 5.46. The third-order valence-corrected chi connectivity index (χ3v) is 6.76. The van der Waals surface area contributed by atoms with Gasteiger partial charge in [0.1, 0.15) is 10.6 Å². The molecule has 2 aliphatic heterocycles. The van der Waals surface area contributed by atoms with Crippen LogP contribution in [0.2, 0.25) is 0 Å². The molecule has 0 aliphatic carbocycles. The van der Waals surface area contributed by atoms with Crippen molar-refractivity contribution in [2.75, 3.05) is 40.0 Å². The average Bonchev–Trinajstić information content (AvgIpc) is 2.75. The molecule has 29 heavy (non-hydrogen) atoms. The zero-order chi connectivity index (χ0) is 20.9. The number of methoxy groups -OCH3 is 1. The second kappa shape index (κ2) is 9.86. The molecular formula is C19H28N2O7S. The number of rotatable bonds is 7. The second-order valence-electron chi connectivity index (χ2n) is 7.13. The monoisotopic (exact) mass is 428 g/mol. The van der Waals surface area contributed by atoms with Crippen LogP contribution in [0.4, 0.5) is 0 Å². The summed E-state index contributed by atoms with van der Waals surface area (Å²) in [6.45, 7) is 1.85. The van der Waals surface area contributed by atoms with E-state index in [-0.39, 0.29) is 35.7 Å². The van der Waals surface area contributed by atoms with Crippen molar-refractivity contribution in [1.82, 2.24) is 9.62 Å². The van der Waals surface area contributed by atoms with Crippen LogP contribution >= 0.6 is 0 Å². The summed E-state index contributed by atoms with van der Waals surface area (Å²) < 4.78 is 44.5. The molecule has 2 N–H and O–H groups in total. The molecular weight excluding hydrogens is 400 g/mol. The number of morpholine rings is 1. The number of sulfonamides is 1. The SMILES string of the molecule is COc1ccccc1S(=O)(=O)N[C@H]1CC[C@H](CC(=O)N2CCOCC2)O[C@@H]1CO. The van der Waals surface area contributed by atoms with Gasteiger partial charge in [-0.3, -0.25) is 4.79 Å². The minimum atomic E-state index is -3.86. The highest BCUT2D eigenvalue weighted by Gasteiger charge is 2.36. The van der Waals surface area contributed by atoms with Gasteiger partial charge in [0.25, 0.3) is 0 Å². The highest BCUT2D eigenvalue weighted by molar-refractivity contribution is 7.89. The maximum atomic E-state index is 12.8. The fourth-order valence-electron chi connectivity index (χ4n) is 3.66. The Hall–Kier alpha value is -1.72. The molecule has 2 aliphatic rings. The third-order valence-electron chi connectivity index (χ3n) is 5.23. The number of benzene rings is 1. The molecule has 0 bridgehead atoms. The molecule has 3 rings (SSSR count). The summed E-state index contributed by atoms with van der Waals surface area (Å²) in [5, 5.41) is 9.73. The molecule has 0 spiro atoms. The Kier molecular flexibility index (Phi) is 7.47. The lowest BCUT2D eigenvalue weighted by Gasteiger charge is -2.36. The predicted molar refractivity (Wildman–Crippen MR) is 104 cm³/mol. The Morgan fingerprint density at radius 2 is 2.00 bits per heavy atom. The standard InChI is InChI=1S/C19H28N2O7S/c1-26-16-4-2-3-5-18(16)29(24,25)20-15-7-6-14(28-17(15)13-22)12-19(23)21-8-10-27-11-9-21/h2-5,14-15,17,20,22H,6-13H2,1H3/t14-,15+,17-/m1/s1. The summed E-state index contributed by atoms with van der Waals surface area (Å²) in [6.07, 6.45) is 0.111. The fraction of sp³-hybridized carbons (Fsp3) is 0.632. The lowest BCUT2D eigenvalue weighted by atomic mass is 9.97. The molecule has 162 valence electrons. The highest BCUT2D eigenvalue weighted by atomic mass is 32.2. The molecule has 1 aromatic carbocycles. The zero-order valence-electron chi connectivity index (χ0n) is 16.5. The summed E-state index contributed by atoms with van der Waals surface area (Å²) in [6, 6.07) is 5.75. The molecule has 0 aromatic heterocycles. The van der Waals surface area contributed by atoms with Crippen molar-refractivity contribution in [2.24, 2.45) is 0 Å². The van der Waals surface area contributed by atoms with Gasteiger partial charge >= 0.3 is 0 Å². The van der Waals surface area contributed by atoms with Gasteiger partial charge in [-0.25, -0.2) is 13.1 Å². The van der Waals surface area contributed by atoms with Gasteiger partial charge in [0.2, 0.25) is 15.9 Å². The van der Waals surface area contributed by atoms with Crippen LogP contribution < -0.4 is 9.46 Å². The maximum Gasteiger partial charge on any atom is 0.244 e. The highest BCUT2D eigenvalue weighted by Crippen LogP contribution is 2.27. The molecule has 2 fully saturated rings. The number of amides is 1. The van der Waals surface area contributed by atoms with Gasteiger partial charge in [-0.05, 0) is 25.0 Å². The Labute approximate surface area is 171 Å². The normalized spacial score (nSPS) is 25.6. The topological polar surface area (TPSA) is 114 Å². The van der Waals surface area contributed by atoms with Gasteiger partial charge in [-0.15, -0.1) is 0 Å². The number of hydrogen-bond acceptors (Lipinski definition) is 7. The van der Waals surface area contributed by atoms with Crippen LogP contribution in [0, 0.1) is 0 Å². The van der Waals surface area contributed by atoms with Crippen molar-refractivity contribution in [1.29, 1.82) is 0 Å². The quantitative estimate of drug-likeness (QED) is 0.634. The number of para-hydroxylation sites is 1. The molecule has 9 nitrogen and oxygen atoms in total. The lowest BCUT2D eigenvalue weighted by Crippen LogP contribution is -2.51. The molecule has 3 atom stereocenters.